The second kappa shape index (κ2) is 5.22. The van der Waals surface area contributed by atoms with Crippen LogP contribution >= 0.6 is 0 Å². The van der Waals surface area contributed by atoms with Gasteiger partial charge in [0.25, 0.3) is 11.6 Å². The molecule has 1 aliphatic heterocycles. The van der Waals surface area contributed by atoms with Gasteiger partial charge in [0.1, 0.15) is 6.67 Å². The molecule has 1 amide bonds. The fourth-order valence-electron chi connectivity index (χ4n) is 2.40. The zero-order chi connectivity index (χ0) is 16.7. The van der Waals surface area contributed by atoms with E-state index >= 15 is 0 Å². The molecule has 22 heavy (non-hydrogen) atoms. The number of non-ortho nitro benzene ring substituents is 1. The third-order valence-electron chi connectivity index (χ3n) is 3.85. The monoisotopic (exact) mass is 320 g/mol. The van der Waals surface area contributed by atoms with Gasteiger partial charge in [-0.2, -0.15) is 0 Å². The number of hydrogen-bond acceptors (Lipinski definition) is 3. The number of nitro groups is 1. The molecule has 0 aromatic heterocycles. The molecule has 1 aromatic carbocycles. The summed E-state index contributed by atoms with van der Waals surface area (Å²) in [5.74, 6) is -4.13. The molecule has 2 atom stereocenters. The van der Waals surface area contributed by atoms with E-state index in [1.165, 1.54) is 6.92 Å². The fourth-order valence-corrected chi connectivity index (χ4v) is 2.40. The zero-order valence-corrected chi connectivity index (χ0v) is 11.5. The van der Waals surface area contributed by atoms with Gasteiger partial charge in [0, 0.05) is 11.6 Å². The van der Waals surface area contributed by atoms with Crippen LogP contribution in [-0.2, 0) is 10.3 Å². The number of benzene rings is 1. The van der Waals surface area contributed by atoms with Crippen LogP contribution in [0.2, 0.25) is 0 Å². The van der Waals surface area contributed by atoms with Gasteiger partial charge in [-0.05, 0) is 19.8 Å². The number of nitrogens with zero attached hydrogens (tertiary/aromatic N) is 1. The fraction of sp³-hybridized carbons (Fsp3) is 0.462. The van der Waals surface area contributed by atoms with Gasteiger partial charge in [0.2, 0.25) is 5.67 Å². The molecule has 0 unspecified atom stereocenters. The molecule has 1 heterocycles. The van der Waals surface area contributed by atoms with Gasteiger partial charge in [-0.25, -0.2) is 17.6 Å². The van der Waals surface area contributed by atoms with Gasteiger partial charge in [-0.3, -0.25) is 14.9 Å². The molecule has 0 saturated carbocycles. The minimum atomic E-state index is -2.73. The summed E-state index contributed by atoms with van der Waals surface area (Å²) in [5, 5.41) is 12.8. The molecule has 9 heteroatoms. The van der Waals surface area contributed by atoms with Gasteiger partial charge in [0.15, 0.2) is 11.6 Å². The molecule has 1 N–H and O–H groups in total. The first-order chi connectivity index (χ1) is 10.1. The number of hydrogen-bond donors (Lipinski definition) is 1. The zero-order valence-electron chi connectivity index (χ0n) is 11.5. The van der Waals surface area contributed by atoms with Crippen LogP contribution in [0.25, 0.3) is 0 Å². The number of alkyl halides is 2. The second-order valence-corrected chi connectivity index (χ2v) is 5.43. The van der Waals surface area contributed by atoms with Crippen molar-refractivity contribution in [1.82, 2.24) is 5.32 Å². The van der Waals surface area contributed by atoms with Crippen molar-refractivity contribution in [2.24, 2.45) is 0 Å². The van der Waals surface area contributed by atoms with E-state index in [1.54, 1.807) is 0 Å². The van der Waals surface area contributed by atoms with E-state index in [4.69, 9.17) is 0 Å². The van der Waals surface area contributed by atoms with Gasteiger partial charge in [-0.15, -0.1) is 0 Å². The Bertz CT molecular complexity index is 654. The highest BCUT2D eigenvalue weighted by molar-refractivity contribution is 5.87. The summed E-state index contributed by atoms with van der Waals surface area (Å²) in [7, 11) is 0. The van der Waals surface area contributed by atoms with Crippen molar-refractivity contribution in [3.63, 3.8) is 0 Å². The number of carbonyl (C=O) groups excluding carboxylic acids is 1. The van der Waals surface area contributed by atoms with Crippen molar-refractivity contribution in [2.75, 3.05) is 6.67 Å². The molecular formula is C13H12F4N2O3. The number of nitrogens with one attached hydrogen (secondary N) is 1. The van der Waals surface area contributed by atoms with E-state index in [9.17, 15) is 32.5 Å². The summed E-state index contributed by atoms with van der Waals surface area (Å²) in [5.41, 5.74) is -5.48. The molecular weight excluding hydrogens is 308 g/mol. The summed E-state index contributed by atoms with van der Waals surface area (Å²) in [6.45, 7) is -0.273. The van der Waals surface area contributed by atoms with Crippen LogP contribution in [-0.4, -0.2) is 23.2 Å². The highest BCUT2D eigenvalue weighted by Gasteiger charge is 2.49. The maximum atomic E-state index is 14.0. The number of amides is 1. The van der Waals surface area contributed by atoms with Gasteiger partial charge >= 0.3 is 0 Å². The number of rotatable bonds is 3. The normalized spacial score (nSPS) is 28.3. The lowest BCUT2D eigenvalue weighted by atomic mass is 9.79. The lowest BCUT2D eigenvalue weighted by Gasteiger charge is -2.40. The van der Waals surface area contributed by atoms with E-state index < -0.39 is 58.0 Å². The Labute approximate surface area is 122 Å². The van der Waals surface area contributed by atoms with Crippen molar-refractivity contribution in [2.45, 2.75) is 31.0 Å². The Balaban J connectivity index is 2.48. The average Bonchev–Trinajstić information content (AvgIpc) is 2.46. The maximum absolute atomic E-state index is 14.0. The molecule has 1 aliphatic rings. The SMILES string of the molecule is C[C@@]1(c2cc([N+](=O)[O-])cc(F)c2F)CC[C@@](F)(CF)C(=O)N1. The molecule has 1 saturated heterocycles. The van der Waals surface area contributed by atoms with Crippen LogP contribution in [0.4, 0.5) is 23.2 Å². The lowest BCUT2D eigenvalue weighted by Crippen LogP contribution is -2.58. The van der Waals surface area contributed by atoms with Crippen LogP contribution in [0.5, 0.6) is 0 Å². The molecule has 120 valence electrons. The van der Waals surface area contributed by atoms with E-state index in [0.29, 0.717) is 6.07 Å². The summed E-state index contributed by atoms with van der Waals surface area (Å²) >= 11 is 0. The third kappa shape index (κ3) is 2.51. The minimum Gasteiger partial charge on any atom is -0.344 e. The Hall–Kier alpha value is -2.19. The number of carbonyl (C=O) groups is 1. The number of halogens is 4. The first-order valence-electron chi connectivity index (χ1n) is 6.34. The van der Waals surface area contributed by atoms with Crippen molar-refractivity contribution in [3.8, 4) is 0 Å². The Kier molecular flexibility index (Phi) is 3.84. The molecule has 2 rings (SSSR count). The van der Waals surface area contributed by atoms with Gasteiger partial charge in [-0.1, -0.05) is 0 Å². The topological polar surface area (TPSA) is 72.2 Å². The van der Waals surface area contributed by atoms with Crippen LogP contribution < -0.4 is 5.32 Å². The van der Waals surface area contributed by atoms with E-state index in [1.807, 2.05) is 0 Å². The lowest BCUT2D eigenvalue weighted by molar-refractivity contribution is -0.385. The highest BCUT2D eigenvalue weighted by Crippen LogP contribution is 2.39. The largest absolute Gasteiger partial charge is 0.344 e. The summed E-state index contributed by atoms with van der Waals surface area (Å²) in [6, 6.07) is 1.19. The quantitative estimate of drug-likeness (QED) is 0.529. The van der Waals surface area contributed by atoms with E-state index in [-0.39, 0.29) is 6.42 Å². The van der Waals surface area contributed by atoms with Crippen LogP contribution in [0.15, 0.2) is 12.1 Å². The molecule has 1 aromatic rings. The number of piperidine rings is 1. The number of nitro benzene ring substituents is 1. The molecule has 0 radical (unpaired) electrons. The van der Waals surface area contributed by atoms with Crippen molar-refractivity contribution in [3.05, 3.63) is 39.4 Å². The maximum Gasteiger partial charge on any atom is 0.272 e. The van der Waals surface area contributed by atoms with Crippen LogP contribution in [0.3, 0.4) is 0 Å². The summed E-state index contributed by atoms with van der Waals surface area (Å²) in [4.78, 5) is 21.5. The Morgan fingerprint density at radius 1 is 1.36 bits per heavy atom. The standard InChI is InChI=1S/C13H12F4N2O3/c1-12(2-3-13(17,6-14)11(20)18-12)8-4-7(19(21)22)5-9(15)10(8)16/h4-5H,2-3,6H2,1H3,(H,18,20)/t12-,13+/m0/s1. The smallest absolute Gasteiger partial charge is 0.272 e. The first-order valence-corrected chi connectivity index (χ1v) is 6.34. The van der Waals surface area contributed by atoms with Gasteiger partial charge < -0.3 is 5.32 Å². The highest BCUT2D eigenvalue weighted by atomic mass is 19.2. The average molecular weight is 320 g/mol. The van der Waals surface area contributed by atoms with Gasteiger partial charge in [0.05, 0.1) is 16.5 Å². The predicted molar refractivity (Wildman–Crippen MR) is 67.6 cm³/mol. The first kappa shape index (κ1) is 16.2. The van der Waals surface area contributed by atoms with E-state index in [0.717, 1.165) is 6.07 Å². The molecule has 0 bridgehead atoms. The van der Waals surface area contributed by atoms with E-state index in [2.05, 4.69) is 5.32 Å². The Morgan fingerprint density at radius 2 is 2.00 bits per heavy atom. The van der Waals surface area contributed by atoms with Crippen molar-refractivity contribution < 1.29 is 27.3 Å². The molecule has 1 fully saturated rings. The van der Waals surface area contributed by atoms with Crippen molar-refractivity contribution in [1.29, 1.82) is 0 Å². The predicted octanol–water partition coefficient (Wildman–Crippen LogP) is 2.68. The molecule has 0 spiro atoms. The van der Waals surface area contributed by atoms with Crippen molar-refractivity contribution >= 4 is 11.6 Å². The van der Waals surface area contributed by atoms with Crippen LogP contribution in [0, 0.1) is 21.7 Å². The second-order valence-electron chi connectivity index (χ2n) is 5.43. The third-order valence-corrected chi connectivity index (χ3v) is 3.85. The molecule has 5 nitrogen and oxygen atoms in total. The summed E-state index contributed by atoms with van der Waals surface area (Å²) < 4.78 is 54.0. The Morgan fingerprint density at radius 3 is 2.50 bits per heavy atom. The molecule has 0 aliphatic carbocycles. The minimum absolute atomic E-state index is 0.239. The van der Waals surface area contributed by atoms with Crippen LogP contribution in [0.1, 0.15) is 25.3 Å². The summed E-state index contributed by atoms with van der Waals surface area (Å²) in [6.07, 6.45) is -0.785.